The average Bonchev–Trinajstić information content (AvgIpc) is 3.47. The quantitative estimate of drug-likeness (QED) is 0.399. The highest BCUT2D eigenvalue weighted by Gasteiger charge is 2.21. The number of likely N-dealkylation sites (N-methyl/N-ethyl adjacent to an activating group) is 1. The first-order chi connectivity index (χ1) is 17.0. The Balaban J connectivity index is 1.27. The third-order valence-electron chi connectivity index (χ3n) is 6.26. The van der Waals surface area contributed by atoms with Crippen LogP contribution in [-0.4, -0.2) is 49.6 Å². The second-order valence-electron chi connectivity index (χ2n) is 8.55. The number of rotatable bonds is 5. The topological polar surface area (TPSA) is 83.7 Å². The van der Waals surface area contributed by atoms with E-state index in [-0.39, 0.29) is 0 Å². The summed E-state index contributed by atoms with van der Waals surface area (Å²) in [5.74, 6) is 3.22. The van der Waals surface area contributed by atoms with Crippen molar-refractivity contribution in [3.05, 3.63) is 85.3 Å². The van der Waals surface area contributed by atoms with Crippen LogP contribution in [0.4, 0.5) is 17.2 Å². The SMILES string of the molecule is C=C1N(C)CCN1c1ccc2ncnc(Nc3ccc(Oc4ccn5ncnc5c4)c(C)c3)c2c1. The van der Waals surface area contributed by atoms with Gasteiger partial charge in [-0.05, 0) is 55.0 Å². The van der Waals surface area contributed by atoms with E-state index in [1.165, 1.54) is 6.33 Å². The molecule has 3 aromatic heterocycles. The molecule has 0 bridgehead atoms. The molecule has 9 heteroatoms. The molecule has 5 aromatic rings. The fraction of sp³-hybridized carbons (Fsp3) is 0.154. The number of hydrogen-bond acceptors (Lipinski definition) is 8. The number of anilines is 3. The Labute approximate surface area is 202 Å². The number of hydrogen-bond donors (Lipinski definition) is 1. The Bertz CT molecular complexity index is 1580. The van der Waals surface area contributed by atoms with E-state index >= 15 is 0 Å². The highest BCUT2D eigenvalue weighted by atomic mass is 16.5. The number of benzene rings is 2. The molecule has 1 aliphatic heterocycles. The van der Waals surface area contributed by atoms with E-state index in [1.54, 1.807) is 10.8 Å². The Morgan fingerprint density at radius 1 is 0.971 bits per heavy atom. The highest BCUT2D eigenvalue weighted by Crippen LogP contribution is 2.32. The zero-order chi connectivity index (χ0) is 23.9. The van der Waals surface area contributed by atoms with Crippen molar-refractivity contribution in [1.82, 2.24) is 29.5 Å². The number of ether oxygens (including phenoxy) is 1. The maximum atomic E-state index is 6.10. The molecule has 0 amide bonds. The molecule has 0 radical (unpaired) electrons. The molecular weight excluding hydrogens is 440 g/mol. The summed E-state index contributed by atoms with van der Waals surface area (Å²) in [7, 11) is 2.06. The summed E-state index contributed by atoms with van der Waals surface area (Å²) in [6, 6.07) is 15.9. The first-order valence-electron chi connectivity index (χ1n) is 11.3. The van der Waals surface area contributed by atoms with Crippen LogP contribution in [0.25, 0.3) is 16.6 Å². The van der Waals surface area contributed by atoms with Crippen molar-refractivity contribution in [1.29, 1.82) is 0 Å². The van der Waals surface area contributed by atoms with Crippen molar-refractivity contribution >= 4 is 33.7 Å². The Kier molecular flexibility index (Phi) is 4.95. The predicted octanol–water partition coefficient (Wildman–Crippen LogP) is 4.74. The molecule has 0 spiro atoms. The maximum absolute atomic E-state index is 6.10. The van der Waals surface area contributed by atoms with Gasteiger partial charge in [-0.15, -0.1) is 0 Å². The van der Waals surface area contributed by atoms with Gasteiger partial charge in [0.2, 0.25) is 0 Å². The van der Waals surface area contributed by atoms with Crippen molar-refractivity contribution in [2.24, 2.45) is 0 Å². The zero-order valence-electron chi connectivity index (χ0n) is 19.5. The number of fused-ring (bicyclic) bond motifs is 2. The fourth-order valence-electron chi connectivity index (χ4n) is 4.27. The molecule has 0 unspecified atom stereocenters. The van der Waals surface area contributed by atoms with Crippen LogP contribution in [0.3, 0.4) is 0 Å². The summed E-state index contributed by atoms with van der Waals surface area (Å²) >= 11 is 0. The number of pyridine rings is 1. The molecule has 174 valence electrons. The lowest BCUT2D eigenvalue weighted by molar-refractivity contribution is 0.478. The van der Waals surface area contributed by atoms with Gasteiger partial charge in [0.1, 0.15) is 35.8 Å². The summed E-state index contributed by atoms with van der Waals surface area (Å²) in [5.41, 5.74) is 4.60. The minimum Gasteiger partial charge on any atom is -0.457 e. The van der Waals surface area contributed by atoms with E-state index in [0.717, 1.165) is 64.0 Å². The van der Waals surface area contributed by atoms with E-state index in [4.69, 9.17) is 4.74 Å². The van der Waals surface area contributed by atoms with Crippen LogP contribution in [0, 0.1) is 6.92 Å². The van der Waals surface area contributed by atoms with Crippen LogP contribution in [0.5, 0.6) is 11.5 Å². The Hall–Kier alpha value is -4.66. The molecule has 35 heavy (non-hydrogen) atoms. The molecule has 2 aromatic carbocycles. The number of nitrogens with zero attached hydrogens (tertiary/aromatic N) is 7. The van der Waals surface area contributed by atoms with Crippen LogP contribution < -0.4 is 15.0 Å². The van der Waals surface area contributed by atoms with Crippen molar-refractivity contribution in [2.45, 2.75) is 6.92 Å². The predicted molar refractivity (Wildman–Crippen MR) is 136 cm³/mol. The van der Waals surface area contributed by atoms with Crippen LogP contribution in [0.15, 0.2) is 79.8 Å². The minimum atomic E-state index is 0.706. The molecule has 1 aliphatic rings. The monoisotopic (exact) mass is 464 g/mol. The van der Waals surface area contributed by atoms with Crippen molar-refractivity contribution in [3.8, 4) is 11.5 Å². The maximum Gasteiger partial charge on any atom is 0.158 e. The lowest BCUT2D eigenvalue weighted by Crippen LogP contribution is -2.18. The van der Waals surface area contributed by atoms with Gasteiger partial charge in [-0.1, -0.05) is 6.58 Å². The van der Waals surface area contributed by atoms with E-state index in [9.17, 15) is 0 Å². The summed E-state index contributed by atoms with van der Waals surface area (Å²) < 4.78 is 7.80. The van der Waals surface area contributed by atoms with Gasteiger partial charge >= 0.3 is 0 Å². The van der Waals surface area contributed by atoms with Gasteiger partial charge in [-0.25, -0.2) is 19.5 Å². The Morgan fingerprint density at radius 3 is 2.71 bits per heavy atom. The third-order valence-corrected chi connectivity index (χ3v) is 6.26. The lowest BCUT2D eigenvalue weighted by Gasteiger charge is -2.21. The zero-order valence-corrected chi connectivity index (χ0v) is 19.5. The highest BCUT2D eigenvalue weighted by molar-refractivity contribution is 5.93. The molecule has 6 rings (SSSR count). The molecule has 9 nitrogen and oxygen atoms in total. The number of aryl methyl sites for hydroxylation is 1. The first-order valence-corrected chi connectivity index (χ1v) is 11.3. The smallest absolute Gasteiger partial charge is 0.158 e. The molecule has 1 saturated heterocycles. The molecule has 0 atom stereocenters. The summed E-state index contributed by atoms with van der Waals surface area (Å²) in [6.45, 7) is 8.08. The Morgan fingerprint density at radius 2 is 1.89 bits per heavy atom. The van der Waals surface area contributed by atoms with E-state index in [0.29, 0.717) is 5.75 Å². The average molecular weight is 465 g/mol. The summed E-state index contributed by atoms with van der Waals surface area (Å²) in [5, 5.41) is 8.52. The van der Waals surface area contributed by atoms with Gasteiger partial charge in [0.05, 0.1) is 5.52 Å². The molecule has 0 aliphatic carbocycles. The number of nitrogens with one attached hydrogen (secondary N) is 1. The van der Waals surface area contributed by atoms with Gasteiger partial charge in [-0.2, -0.15) is 5.10 Å². The minimum absolute atomic E-state index is 0.706. The van der Waals surface area contributed by atoms with Gasteiger partial charge in [0.15, 0.2) is 5.65 Å². The third kappa shape index (κ3) is 3.86. The van der Waals surface area contributed by atoms with Gasteiger partial charge < -0.3 is 19.9 Å². The van der Waals surface area contributed by atoms with Gasteiger partial charge in [-0.3, -0.25) is 0 Å². The second kappa shape index (κ2) is 8.28. The van der Waals surface area contributed by atoms with E-state index < -0.39 is 0 Å². The largest absolute Gasteiger partial charge is 0.457 e. The van der Waals surface area contributed by atoms with Crippen LogP contribution in [0.1, 0.15) is 5.56 Å². The van der Waals surface area contributed by atoms with Gasteiger partial charge in [0, 0.05) is 49.2 Å². The second-order valence-corrected chi connectivity index (χ2v) is 8.55. The molecule has 0 saturated carbocycles. The fourth-order valence-corrected chi connectivity index (χ4v) is 4.27. The van der Waals surface area contributed by atoms with Crippen molar-refractivity contribution < 1.29 is 4.74 Å². The molecular formula is C26H24N8O. The standard InChI is InChI=1S/C26H24N8O/c1-17-12-19(4-7-24(17)35-21-8-9-34-25(14-21)28-16-30-34)31-26-22-13-20(5-6-23(22)27-15-29-26)33-11-10-32(3)18(33)2/h4-9,12-16H,2,10-11H2,1,3H3,(H,27,29,31). The van der Waals surface area contributed by atoms with Crippen LogP contribution in [0.2, 0.25) is 0 Å². The molecule has 1 N–H and O–H groups in total. The van der Waals surface area contributed by atoms with E-state index in [2.05, 4.69) is 60.9 Å². The van der Waals surface area contributed by atoms with Crippen molar-refractivity contribution in [2.75, 3.05) is 30.4 Å². The van der Waals surface area contributed by atoms with Crippen LogP contribution >= 0.6 is 0 Å². The van der Waals surface area contributed by atoms with E-state index in [1.807, 2.05) is 49.5 Å². The normalized spacial score (nSPS) is 13.7. The molecule has 1 fully saturated rings. The van der Waals surface area contributed by atoms with Gasteiger partial charge in [0.25, 0.3) is 0 Å². The summed E-state index contributed by atoms with van der Waals surface area (Å²) in [6.07, 6.45) is 4.93. The van der Waals surface area contributed by atoms with Crippen LogP contribution in [-0.2, 0) is 0 Å². The lowest BCUT2D eigenvalue weighted by atomic mass is 10.1. The first kappa shape index (κ1) is 20.9. The summed E-state index contributed by atoms with van der Waals surface area (Å²) in [4.78, 5) is 17.5. The molecule has 4 heterocycles. The number of aromatic nitrogens is 5. The van der Waals surface area contributed by atoms with Crippen molar-refractivity contribution in [3.63, 3.8) is 0 Å².